The summed E-state index contributed by atoms with van der Waals surface area (Å²) in [6.45, 7) is 5.11. The predicted octanol–water partition coefficient (Wildman–Crippen LogP) is 1.20. The number of amides is 5. The summed E-state index contributed by atoms with van der Waals surface area (Å²) in [6, 6.07) is 4.25. The summed E-state index contributed by atoms with van der Waals surface area (Å²) in [4.78, 5) is 47.8. The van der Waals surface area contributed by atoms with Gasteiger partial charge in [0.05, 0.1) is 11.1 Å². The highest BCUT2D eigenvalue weighted by Gasteiger charge is 2.35. The molecule has 0 saturated carbocycles. The standard InChI is InChI=1S/C17H22N4O4/c1-11(2)9-21-15(23)13-5-4-12(8-14(13)16(21)24)20-17(25)19-7-3-6-18-10-22/h4-5,8,10-11H,3,6-7,9H2,1-2H3,(H,18,22)(H2,19,20,25). The van der Waals surface area contributed by atoms with Gasteiger partial charge in [-0.15, -0.1) is 0 Å². The van der Waals surface area contributed by atoms with Crippen LogP contribution in [0, 0.1) is 5.92 Å². The molecule has 0 fully saturated rings. The molecule has 8 heteroatoms. The number of nitrogens with zero attached hydrogens (tertiary/aromatic N) is 1. The van der Waals surface area contributed by atoms with Gasteiger partial charge in [-0.25, -0.2) is 4.79 Å². The van der Waals surface area contributed by atoms with Crippen LogP contribution in [0.5, 0.6) is 0 Å². The number of hydrogen-bond acceptors (Lipinski definition) is 4. The van der Waals surface area contributed by atoms with Gasteiger partial charge in [-0.05, 0) is 30.5 Å². The number of carbonyl (C=O) groups excluding carboxylic acids is 4. The lowest BCUT2D eigenvalue weighted by Gasteiger charge is -2.15. The van der Waals surface area contributed by atoms with Gasteiger partial charge >= 0.3 is 6.03 Å². The first-order valence-electron chi connectivity index (χ1n) is 8.16. The van der Waals surface area contributed by atoms with Crippen molar-refractivity contribution in [1.29, 1.82) is 0 Å². The van der Waals surface area contributed by atoms with E-state index in [1.807, 2.05) is 13.8 Å². The predicted molar refractivity (Wildman–Crippen MR) is 92.4 cm³/mol. The minimum Gasteiger partial charge on any atom is -0.359 e. The second-order valence-electron chi connectivity index (χ2n) is 6.18. The summed E-state index contributed by atoms with van der Waals surface area (Å²) in [6.07, 6.45) is 1.21. The van der Waals surface area contributed by atoms with Crippen LogP contribution in [-0.4, -0.2) is 48.8 Å². The minimum atomic E-state index is -0.415. The molecule has 0 atom stereocenters. The Morgan fingerprint density at radius 1 is 1.16 bits per heavy atom. The fourth-order valence-corrected chi connectivity index (χ4v) is 2.53. The van der Waals surface area contributed by atoms with E-state index in [0.29, 0.717) is 49.3 Å². The summed E-state index contributed by atoms with van der Waals surface area (Å²) in [5.74, 6) is -0.454. The number of fused-ring (bicyclic) bond motifs is 1. The Labute approximate surface area is 145 Å². The highest BCUT2D eigenvalue weighted by molar-refractivity contribution is 6.21. The Balaban J connectivity index is 1.97. The van der Waals surface area contributed by atoms with Crippen LogP contribution in [0.2, 0.25) is 0 Å². The van der Waals surface area contributed by atoms with Gasteiger partial charge in [0.25, 0.3) is 11.8 Å². The fraction of sp³-hybridized carbons (Fsp3) is 0.412. The van der Waals surface area contributed by atoms with E-state index in [0.717, 1.165) is 0 Å². The van der Waals surface area contributed by atoms with Gasteiger partial charge < -0.3 is 16.0 Å². The first-order chi connectivity index (χ1) is 11.9. The second kappa shape index (κ2) is 8.27. The number of rotatable bonds is 8. The van der Waals surface area contributed by atoms with E-state index in [1.165, 1.54) is 11.0 Å². The van der Waals surface area contributed by atoms with Crippen LogP contribution in [0.1, 0.15) is 41.0 Å². The van der Waals surface area contributed by atoms with Gasteiger partial charge in [-0.1, -0.05) is 13.8 Å². The number of anilines is 1. The zero-order chi connectivity index (χ0) is 18.4. The summed E-state index contributed by atoms with van der Waals surface area (Å²) >= 11 is 0. The average molecular weight is 346 g/mol. The quantitative estimate of drug-likeness (QED) is 0.373. The molecule has 5 amide bonds. The van der Waals surface area contributed by atoms with Crippen molar-refractivity contribution in [3.8, 4) is 0 Å². The van der Waals surface area contributed by atoms with Crippen molar-refractivity contribution in [2.45, 2.75) is 20.3 Å². The minimum absolute atomic E-state index is 0.180. The normalized spacial score (nSPS) is 13.0. The molecule has 3 N–H and O–H groups in total. The molecule has 0 radical (unpaired) electrons. The van der Waals surface area contributed by atoms with Gasteiger partial charge in [-0.3, -0.25) is 19.3 Å². The molecule has 1 aliphatic heterocycles. The first kappa shape index (κ1) is 18.4. The molecule has 1 aromatic carbocycles. The van der Waals surface area contributed by atoms with Crippen molar-refractivity contribution in [3.63, 3.8) is 0 Å². The van der Waals surface area contributed by atoms with Crippen LogP contribution >= 0.6 is 0 Å². The number of nitrogens with one attached hydrogen (secondary N) is 3. The van der Waals surface area contributed by atoms with Gasteiger partial charge in [0, 0.05) is 25.3 Å². The van der Waals surface area contributed by atoms with Crippen LogP contribution in [-0.2, 0) is 4.79 Å². The third kappa shape index (κ3) is 4.56. The Kier molecular flexibility index (Phi) is 6.10. The van der Waals surface area contributed by atoms with Crippen molar-refractivity contribution in [2.75, 3.05) is 25.0 Å². The maximum atomic E-state index is 12.4. The fourth-order valence-electron chi connectivity index (χ4n) is 2.53. The highest BCUT2D eigenvalue weighted by atomic mass is 16.2. The van der Waals surface area contributed by atoms with Crippen LogP contribution in [0.3, 0.4) is 0 Å². The Hall–Kier alpha value is -2.90. The molecular weight excluding hydrogens is 324 g/mol. The van der Waals surface area contributed by atoms with E-state index in [2.05, 4.69) is 16.0 Å². The molecule has 0 unspecified atom stereocenters. The van der Waals surface area contributed by atoms with Crippen molar-refractivity contribution < 1.29 is 19.2 Å². The molecule has 1 heterocycles. The number of urea groups is 1. The highest BCUT2D eigenvalue weighted by Crippen LogP contribution is 2.26. The van der Waals surface area contributed by atoms with E-state index in [4.69, 9.17) is 0 Å². The molecule has 25 heavy (non-hydrogen) atoms. The average Bonchev–Trinajstić information content (AvgIpc) is 2.79. The molecule has 0 saturated heterocycles. The first-order valence-corrected chi connectivity index (χ1v) is 8.16. The smallest absolute Gasteiger partial charge is 0.319 e. The lowest BCUT2D eigenvalue weighted by Crippen LogP contribution is -2.33. The maximum absolute atomic E-state index is 12.4. The van der Waals surface area contributed by atoms with E-state index < -0.39 is 6.03 Å². The van der Waals surface area contributed by atoms with Crippen LogP contribution in [0.4, 0.5) is 10.5 Å². The number of carbonyl (C=O) groups is 4. The van der Waals surface area contributed by atoms with Crippen molar-refractivity contribution >= 4 is 29.9 Å². The van der Waals surface area contributed by atoms with Crippen LogP contribution < -0.4 is 16.0 Å². The Morgan fingerprint density at radius 2 is 1.88 bits per heavy atom. The van der Waals surface area contributed by atoms with Crippen molar-refractivity contribution in [1.82, 2.24) is 15.5 Å². The van der Waals surface area contributed by atoms with Gasteiger partial charge in [0.2, 0.25) is 6.41 Å². The van der Waals surface area contributed by atoms with E-state index in [-0.39, 0.29) is 17.7 Å². The molecule has 0 aliphatic carbocycles. The lowest BCUT2D eigenvalue weighted by atomic mass is 10.1. The van der Waals surface area contributed by atoms with Crippen LogP contribution in [0.15, 0.2) is 18.2 Å². The molecule has 1 aliphatic rings. The van der Waals surface area contributed by atoms with Crippen molar-refractivity contribution in [3.05, 3.63) is 29.3 Å². The zero-order valence-electron chi connectivity index (χ0n) is 14.3. The maximum Gasteiger partial charge on any atom is 0.319 e. The third-order valence-corrected chi connectivity index (χ3v) is 3.64. The van der Waals surface area contributed by atoms with Gasteiger partial charge in [-0.2, -0.15) is 0 Å². The molecule has 8 nitrogen and oxygen atoms in total. The Morgan fingerprint density at radius 3 is 2.56 bits per heavy atom. The van der Waals surface area contributed by atoms with E-state index in [9.17, 15) is 19.2 Å². The Bertz CT molecular complexity index is 687. The topological polar surface area (TPSA) is 108 Å². The molecule has 1 aromatic rings. The van der Waals surface area contributed by atoms with E-state index in [1.54, 1.807) is 12.1 Å². The SMILES string of the molecule is CC(C)CN1C(=O)c2ccc(NC(=O)NCCCNC=O)cc2C1=O. The molecule has 134 valence electrons. The number of hydrogen-bond donors (Lipinski definition) is 3. The summed E-state index contributed by atoms with van der Waals surface area (Å²) < 4.78 is 0. The second-order valence-corrected chi connectivity index (χ2v) is 6.18. The van der Waals surface area contributed by atoms with Crippen molar-refractivity contribution in [2.24, 2.45) is 5.92 Å². The molecule has 2 rings (SSSR count). The summed E-state index contributed by atoms with van der Waals surface area (Å²) in [5.41, 5.74) is 1.10. The molecule has 0 bridgehead atoms. The van der Waals surface area contributed by atoms with Crippen LogP contribution in [0.25, 0.3) is 0 Å². The summed E-state index contributed by atoms with van der Waals surface area (Å²) in [5, 5.41) is 7.78. The third-order valence-electron chi connectivity index (χ3n) is 3.64. The van der Waals surface area contributed by atoms with Gasteiger partial charge in [0.1, 0.15) is 0 Å². The molecular formula is C17H22N4O4. The van der Waals surface area contributed by atoms with E-state index >= 15 is 0 Å². The molecule has 0 aromatic heterocycles. The lowest BCUT2D eigenvalue weighted by molar-refractivity contribution is -0.109. The summed E-state index contributed by atoms with van der Waals surface area (Å²) in [7, 11) is 0. The molecule has 0 spiro atoms. The largest absolute Gasteiger partial charge is 0.359 e. The monoisotopic (exact) mass is 346 g/mol. The number of imide groups is 1. The van der Waals surface area contributed by atoms with Gasteiger partial charge in [0.15, 0.2) is 0 Å². The number of benzene rings is 1. The zero-order valence-corrected chi connectivity index (χ0v) is 14.3.